The summed E-state index contributed by atoms with van der Waals surface area (Å²) in [6.07, 6.45) is 2.64. The third-order valence-corrected chi connectivity index (χ3v) is 2.60. The molecule has 0 saturated heterocycles. The molecule has 2 aromatic rings. The summed E-state index contributed by atoms with van der Waals surface area (Å²) in [7, 11) is 0. The van der Waals surface area contributed by atoms with Gasteiger partial charge in [-0.1, -0.05) is 69.2 Å². The maximum Gasteiger partial charge on any atom is 0.165 e. The Morgan fingerprint density at radius 1 is 0.778 bits per heavy atom. The van der Waals surface area contributed by atoms with E-state index in [0.717, 1.165) is 5.56 Å². The lowest BCUT2D eigenvalue weighted by Gasteiger charge is -2.05. The first kappa shape index (κ1) is 14.1. The van der Waals surface area contributed by atoms with Crippen LogP contribution in [0.25, 0.3) is 11.1 Å². The van der Waals surface area contributed by atoms with Crippen molar-refractivity contribution in [3.8, 4) is 22.6 Å². The fraction of sp³-hybridized carbons (Fsp3) is 0.250. The Labute approximate surface area is 109 Å². The van der Waals surface area contributed by atoms with E-state index in [1.807, 2.05) is 30.3 Å². The van der Waals surface area contributed by atoms with E-state index in [2.05, 4.69) is 13.8 Å². The second-order valence-electron chi connectivity index (χ2n) is 4.04. The molecule has 18 heavy (non-hydrogen) atoms. The summed E-state index contributed by atoms with van der Waals surface area (Å²) in [4.78, 5) is 0. The van der Waals surface area contributed by atoms with E-state index in [1.54, 1.807) is 12.1 Å². The molecular weight excluding hydrogens is 224 g/mol. The highest BCUT2D eigenvalue weighted by Gasteiger charge is 2.06. The standard InChI is InChI=1S/C12H10O2.C4H10/c13-11-8-4-7-10(12(11)14)9-5-2-1-3-6-9;1-3-4-2/h1-8,13-14H;3-4H2,1-2H3. The molecule has 2 aromatic carbocycles. The normalized spacial score (nSPS) is 9.44. The summed E-state index contributed by atoms with van der Waals surface area (Å²) in [6.45, 7) is 4.36. The number of hydrogen-bond donors (Lipinski definition) is 2. The van der Waals surface area contributed by atoms with Gasteiger partial charge in [0.2, 0.25) is 0 Å². The van der Waals surface area contributed by atoms with Crippen molar-refractivity contribution in [3.05, 3.63) is 48.5 Å². The maximum absolute atomic E-state index is 9.60. The van der Waals surface area contributed by atoms with E-state index < -0.39 is 0 Å². The van der Waals surface area contributed by atoms with Gasteiger partial charge in [-0.3, -0.25) is 0 Å². The zero-order chi connectivity index (χ0) is 13.4. The Balaban J connectivity index is 0.000000357. The van der Waals surface area contributed by atoms with Crippen LogP contribution in [0.4, 0.5) is 0 Å². The lowest BCUT2D eigenvalue weighted by atomic mass is 10.0. The summed E-state index contributed by atoms with van der Waals surface area (Å²) in [5.74, 6) is -0.162. The van der Waals surface area contributed by atoms with Crippen LogP contribution in [-0.2, 0) is 0 Å². The first-order chi connectivity index (χ1) is 8.70. The molecule has 0 heterocycles. The Morgan fingerprint density at radius 3 is 1.94 bits per heavy atom. The van der Waals surface area contributed by atoms with Crippen LogP contribution in [0, 0.1) is 0 Å². The number of benzene rings is 2. The van der Waals surface area contributed by atoms with Crippen LogP contribution in [0.5, 0.6) is 11.5 Å². The number of unbranched alkanes of at least 4 members (excludes halogenated alkanes) is 1. The summed E-state index contributed by atoms with van der Waals surface area (Å²) < 4.78 is 0. The SMILES string of the molecule is CCCC.Oc1cccc(-c2ccccc2)c1O. The predicted molar refractivity (Wildman–Crippen MR) is 75.8 cm³/mol. The summed E-state index contributed by atoms with van der Waals surface area (Å²) >= 11 is 0. The Morgan fingerprint density at radius 2 is 1.39 bits per heavy atom. The molecule has 2 heteroatoms. The van der Waals surface area contributed by atoms with Crippen molar-refractivity contribution in [2.45, 2.75) is 26.7 Å². The van der Waals surface area contributed by atoms with Gasteiger partial charge in [0, 0.05) is 5.56 Å². The zero-order valence-electron chi connectivity index (χ0n) is 10.9. The quantitative estimate of drug-likeness (QED) is 0.759. The van der Waals surface area contributed by atoms with Gasteiger partial charge in [-0.15, -0.1) is 0 Å². The van der Waals surface area contributed by atoms with Gasteiger partial charge in [0.1, 0.15) is 0 Å². The molecule has 0 spiro atoms. The first-order valence-electron chi connectivity index (χ1n) is 6.27. The van der Waals surface area contributed by atoms with Gasteiger partial charge >= 0.3 is 0 Å². The molecule has 0 fully saturated rings. The van der Waals surface area contributed by atoms with Crippen molar-refractivity contribution < 1.29 is 10.2 Å². The smallest absolute Gasteiger partial charge is 0.165 e. The van der Waals surface area contributed by atoms with Gasteiger partial charge in [0.15, 0.2) is 11.5 Å². The number of para-hydroxylation sites is 1. The molecule has 0 radical (unpaired) electrons. The molecule has 0 atom stereocenters. The van der Waals surface area contributed by atoms with Gasteiger partial charge in [0.05, 0.1) is 0 Å². The average Bonchev–Trinajstić information content (AvgIpc) is 2.43. The fourth-order valence-corrected chi connectivity index (χ4v) is 1.38. The summed E-state index contributed by atoms with van der Waals surface area (Å²) in [5.41, 5.74) is 1.53. The molecule has 0 aliphatic carbocycles. The summed E-state index contributed by atoms with van der Waals surface area (Å²) in [6, 6.07) is 14.4. The van der Waals surface area contributed by atoms with Gasteiger partial charge < -0.3 is 10.2 Å². The van der Waals surface area contributed by atoms with Crippen LogP contribution in [-0.4, -0.2) is 10.2 Å². The Hall–Kier alpha value is -1.96. The van der Waals surface area contributed by atoms with E-state index in [-0.39, 0.29) is 11.5 Å². The van der Waals surface area contributed by atoms with Crippen LogP contribution in [0.2, 0.25) is 0 Å². The minimum atomic E-state index is -0.0913. The third-order valence-electron chi connectivity index (χ3n) is 2.60. The molecule has 0 aromatic heterocycles. The molecule has 0 bridgehead atoms. The molecular formula is C16H20O2. The third kappa shape index (κ3) is 3.81. The molecule has 2 N–H and O–H groups in total. The maximum atomic E-state index is 9.60. The average molecular weight is 244 g/mol. The van der Waals surface area contributed by atoms with Gasteiger partial charge in [-0.05, 0) is 11.6 Å². The van der Waals surface area contributed by atoms with Crippen LogP contribution in [0.1, 0.15) is 26.7 Å². The van der Waals surface area contributed by atoms with Crippen molar-refractivity contribution in [2.75, 3.05) is 0 Å². The van der Waals surface area contributed by atoms with E-state index >= 15 is 0 Å². The molecule has 0 saturated carbocycles. The molecule has 0 aliphatic heterocycles. The van der Waals surface area contributed by atoms with E-state index in [1.165, 1.54) is 18.9 Å². The lowest BCUT2D eigenvalue weighted by Crippen LogP contribution is -1.78. The first-order valence-corrected chi connectivity index (χ1v) is 6.27. The van der Waals surface area contributed by atoms with Crippen molar-refractivity contribution in [3.63, 3.8) is 0 Å². The Kier molecular flexibility index (Phi) is 5.78. The van der Waals surface area contributed by atoms with E-state index in [0.29, 0.717) is 5.56 Å². The number of hydrogen-bond acceptors (Lipinski definition) is 2. The van der Waals surface area contributed by atoms with E-state index in [9.17, 15) is 10.2 Å². The zero-order valence-corrected chi connectivity index (χ0v) is 10.9. The van der Waals surface area contributed by atoms with Crippen molar-refractivity contribution in [1.29, 1.82) is 0 Å². The molecule has 0 amide bonds. The largest absolute Gasteiger partial charge is 0.504 e. The minimum Gasteiger partial charge on any atom is -0.504 e. The summed E-state index contributed by atoms with van der Waals surface area (Å²) in [5, 5.41) is 18.9. The Bertz CT molecular complexity index is 462. The molecule has 2 rings (SSSR count). The number of phenols is 2. The molecule has 0 aliphatic rings. The van der Waals surface area contributed by atoms with Crippen molar-refractivity contribution in [1.82, 2.24) is 0 Å². The predicted octanol–water partition coefficient (Wildman–Crippen LogP) is 4.57. The molecule has 0 unspecified atom stereocenters. The monoisotopic (exact) mass is 244 g/mol. The van der Waals surface area contributed by atoms with E-state index in [4.69, 9.17) is 0 Å². The lowest BCUT2D eigenvalue weighted by molar-refractivity contribution is 0.405. The number of aromatic hydroxyl groups is 2. The van der Waals surface area contributed by atoms with Crippen molar-refractivity contribution in [2.24, 2.45) is 0 Å². The van der Waals surface area contributed by atoms with Crippen LogP contribution in [0.3, 0.4) is 0 Å². The molecule has 2 nitrogen and oxygen atoms in total. The number of phenolic OH excluding ortho intramolecular Hbond substituents is 2. The molecule has 96 valence electrons. The second-order valence-corrected chi connectivity index (χ2v) is 4.04. The minimum absolute atomic E-state index is 0.0706. The van der Waals surface area contributed by atoms with Gasteiger partial charge in [-0.25, -0.2) is 0 Å². The van der Waals surface area contributed by atoms with Gasteiger partial charge in [0.25, 0.3) is 0 Å². The van der Waals surface area contributed by atoms with Crippen molar-refractivity contribution >= 4 is 0 Å². The van der Waals surface area contributed by atoms with Gasteiger partial charge in [-0.2, -0.15) is 0 Å². The number of rotatable bonds is 2. The fourth-order valence-electron chi connectivity index (χ4n) is 1.38. The highest BCUT2D eigenvalue weighted by molar-refractivity contribution is 5.72. The second kappa shape index (κ2) is 7.38. The van der Waals surface area contributed by atoms with Crippen LogP contribution >= 0.6 is 0 Å². The van der Waals surface area contributed by atoms with Crippen LogP contribution in [0.15, 0.2) is 48.5 Å². The topological polar surface area (TPSA) is 40.5 Å². The highest BCUT2D eigenvalue weighted by atomic mass is 16.3. The highest BCUT2D eigenvalue weighted by Crippen LogP contribution is 2.35. The van der Waals surface area contributed by atoms with Crippen LogP contribution < -0.4 is 0 Å².